The van der Waals surface area contributed by atoms with E-state index in [2.05, 4.69) is 25.9 Å². The summed E-state index contributed by atoms with van der Waals surface area (Å²) in [5.74, 6) is -3.56. The van der Waals surface area contributed by atoms with Crippen molar-refractivity contribution >= 4 is 44.5 Å². The third-order valence-corrected chi connectivity index (χ3v) is 8.72. The number of alkyl halides is 2. The third kappa shape index (κ3) is 6.09. The molecule has 1 aliphatic heterocycles. The highest BCUT2D eigenvalue weighted by Crippen LogP contribution is 2.33. The largest absolute Gasteiger partial charge is 0.392 e. The zero-order valence-electron chi connectivity index (χ0n) is 23.5. The van der Waals surface area contributed by atoms with E-state index < -0.39 is 29.8 Å². The quantitative estimate of drug-likeness (QED) is 0.186. The maximum absolute atomic E-state index is 15.0. The number of fused-ring (bicyclic) bond motifs is 1. The highest BCUT2D eigenvalue weighted by molar-refractivity contribution is 7.20. The van der Waals surface area contributed by atoms with Crippen LogP contribution in [0.3, 0.4) is 0 Å². The fraction of sp³-hybridized carbons (Fsp3) is 0.267. The first-order chi connectivity index (χ1) is 21.1. The fourth-order valence-electron chi connectivity index (χ4n) is 5.18. The Hall–Kier alpha value is -4.53. The molecule has 14 heteroatoms. The number of carbonyl (C=O) groups excluding carboxylic acids is 1. The van der Waals surface area contributed by atoms with Gasteiger partial charge in [0.2, 0.25) is 0 Å². The number of aliphatic hydroxyl groups excluding tert-OH is 1. The molecule has 0 saturated carbocycles. The fourth-order valence-corrected chi connectivity index (χ4v) is 6.14. The van der Waals surface area contributed by atoms with Crippen LogP contribution in [0.25, 0.3) is 21.3 Å². The predicted octanol–water partition coefficient (Wildman–Crippen LogP) is 5.24. The SMILES string of the molecule is Cn1nc(Nc2cc(-c3ccc(F)c(NC(=O)c4cc5ccccc5s4)c3CO)n[nH]c2=O)cc1CN1CCC(F)(F)CC1. The van der Waals surface area contributed by atoms with E-state index in [0.717, 1.165) is 21.8 Å². The summed E-state index contributed by atoms with van der Waals surface area (Å²) in [5, 5.41) is 27.6. The molecule has 0 spiro atoms. The summed E-state index contributed by atoms with van der Waals surface area (Å²) < 4.78 is 44.6. The molecule has 2 aromatic carbocycles. The Kier molecular flexibility index (Phi) is 7.97. The number of aromatic amines is 1. The third-order valence-electron chi connectivity index (χ3n) is 7.60. The molecular formula is C30H28F3N7O3S. The maximum atomic E-state index is 15.0. The second kappa shape index (κ2) is 11.9. The van der Waals surface area contributed by atoms with E-state index in [9.17, 15) is 23.5 Å². The number of hydrogen-bond acceptors (Lipinski definition) is 8. The van der Waals surface area contributed by atoms with Crippen LogP contribution >= 0.6 is 11.3 Å². The summed E-state index contributed by atoms with van der Waals surface area (Å²) >= 11 is 1.26. The van der Waals surface area contributed by atoms with Crippen LogP contribution in [0.5, 0.6) is 0 Å². The van der Waals surface area contributed by atoms with Crippen molar-refractivity contribution < 1.29 is 23.1 Å². The molecule has 1 amide bonds. The van der Waals surface area contributed by atoms with Crippen molar-refractivity contribution in [3.8, 4) is 11.3 Å². The van der Waals surface area contributed by atoms with Crippen LogP contribution in [-0.4, -0.2) is 54.9 Å². The number of anilines is 3. The van der Waals surface area contributed by atoms with Crippen LogP contribution < -0.4 is 16.2 Å². The van der Waals surface area contributed by atoms with Gasteiger partial charge in [-0.15, -0.1) is 11.3 Å². The van der Waals surface area contributed by atoms with E-state index in [-0.39, 0.29) is 48.6 Å². The second-order valence-corrected chi connectivity index (χ2v) is 11.7. The molecule has 1 saturated heterocycles. The smallest absolute Gasteiger partial charge is 0.287 e. The normalized spacial score (nSPS) is 15.0. The van der Waals surface area contributed by atoms with E-state index in [1.54, 1.807) is 23.9 Å². The van der Waals surface area contributed by atoms with Crippen molar-refractivity contribution in [3.05, 3.63) is 86.9 Å². The van der Waals surface area contributed by atoms with Crippen LogP contribution in [0.15, 0.2) is 59.4 Å². The van der Waals surface area contributed by atoms with Crippen molar-refractivity contribution in [2.24, 2.45) is 7.05 Å². The standard InChI is InChI=1S/C30H28F3N7O3S/c1-39-18(15-40-10-8-30(32,33)9-11-40)13-26(38-39)34-23-14-22(36-37-28(23)42)19-6-7-21(31)27(20(19)16-41)35-29(43)25-12-17-4-2-3-5-24(17)44-25/h2-7,12-14,41H,8-11,15-16H2,1H3,(H,35,43)(H,37,42)(H,34,36,38). The van der Waals surface area contributed by atoms with Crippen LogP contribution in [0.1, 0.15) is 33.8 Å². The minimum atomic E-state index is -2.64. The topological polar surface area (TPSA) is 128 Å². The van der Waals surface area contributed by atoms with Gasteiger partial charge in [-0.1, -0.05) is 18.2 Å². The highest BCUT2D eigenvalue weighted by atomic mass is 32.1. The number of carbonyl (C=O) groups is 1. The summed E-state index contributed by atoms with van der Waals surface area (Å²) in [7, 11) is 1.72. The predicted molar refractivity (Wildman–Crippen MR) is 162 cm³/mol. The summed E-state index contributed by atoms with van der Waals surface area (Å²) in [6, 6.07) is 14.9. The average molecular weight is 624 g/mol. The Morgan fingerprint density at radius 1 is 1.14 bits per heavy atom. The lowest BCUT2D eigenvalue weighted by atomic mass is 10.0. The van der Waals surface area contributed by atoms with Gasteiger partial charge < -0.3 is 15.7 Å². The van der Waals surface area contributed by atoms with E-state index in [4.69, 9.17) is 0 Å². The number of rotatable bonds is 8. The van der Waals surface area contributed by atoms with Crippen molar-refractivity contribution in [1.29, 1.82) is 0 Å². The number of thiophene rings is 1. The van der Waals surface area contributed by atoms with Crippen molar-refractivity contribution in [2.45, 2.75) is 31.9 Å². The number of benzene rings is 2. The van der Waals surface area contributed by atoms with Gasteiger partial charge in [0.15, 0.2) is 5.82 Å². The van der Waals surface area contributed by atoms with Crippen molar-refractivity contribution in [1.82, 2.24) is 24.9 Å². The highest BCUT2D eigenvalue weighted by Gasteiger charge is 2.34. The zero-order chi connectivity index (χ0) is 31.0. The van der Waals surface area contributed by atoms with E-state index in [1.807, 2.05) is 29.2 Å². The van der Waals surface area contributed by atoms with Crippen LogP contribution in [0, 0.1) is 5.82 Å². The Bertz CT molecular complexity index is 1880. The molecule has 0 radical (unpaired) electrons. The Labute approximate surface area is 253 Å². The summed E-state index contributed by atoms with van der Waals surface area (Å²) in [6.45, 7) is 0.340. The number of likely N-dealkylation sites (tertiary alicyclic amines) is 1. The van der Waals surface area contributed by atoms with Gasteiger partial charge >= 0.3 is 0 Å². The average Bonchev–Trinajstić information content (AvgIpc) is 3.59. The second-order valence-electron chi connectivity index (χ2n) is 10.6. The van der Waals surface area contributed by atoms with Crippen molar-refractivity contribution in [3.63, 3.8) is 0 Å². The molecule has 6 rings (SSSR count). The molecule has 1 fully saturated rings. The summed E-state index contributed by atoms with van der Waals surface area (Å²) in [4.78, 5) is 28.0. The Morgan fingerprint density at radius 3 is 2.66 bits per heavy atom. The molecule has 3 aromatic heterocycles. The van der Waals surface area contributed by atoms with Crippen LogP contribution in [0.2, 0.25) is 0 Å². The number of nitrogens with zero attached hydrogens (tertiary/aromatic N) is 4. The first-order valence-corrected chi connectivity index (χ1v) is 14.6. The van der Waals surface area contributed by atoms with Gasteiger partial charge in [-0.3, -0.25) is 19.2 Å². The molecule has 1 aliphatic rings. The number of hydrogen-bond donors (Lipinski definition) is 4. The summed E-state index contributed by atoms with van der Waals surface area (Å²) in [6.07, 6.45) is -0.387. The first-order valence-electron chi connectivity index (χ1n) is 13.8. The van der Waals surface area contributed by atoms with Gasteiger partial charge in [-0.05, 0) is 35.7 Å². The Morgan fingerprint density at radius 2 is 1.91 bits per heavy atom. The molecule has 4 N–H and O–H groups in total. The monoisotopic (exact) mass is 623 g/mol. The molecule has 0 aliphatic carbocycles. The molecule has 0 unspecified atom stereocenters. The van der Waals surface area contributed by atoms with E-state index >= 15 is 4.39 Å². The molecular weight excluding hydrogens is 595 g/mol. The molecule has 0 bridgehead atoms. The number of amides is 1. The molecule has 4 heterocycles. The molecule has 5 aromatic rings. The van der Waals surface area contributed by atoms with Crippen LogP contribution in [-0.2, 0) is 20.2 Å². The molecule has 44 heavy (non-hydrogen) atoms. The minimum absolute atomic E-state index is 0.0807. The lowest BCUT2D eigenvalue weighted by Crippen LogP contribution is -2.39. The number of nitrogens with one attached hydrogen (secondary N) is 3. The van der Waals surface area contributed by atoms with Gasteiger partial charge in [0, 0.05) is 61.4 Å². The number of piperidine rings is 1. The van der Waals surface area contributed by atoms with E-state index in [1.165, 1.54) is 23.5 Å². The molecule has 228 valence electrons. The number of halogens is 3. The van der Waals surface area contributed by atoms with Gasteiger partial charge in [-0.2, -0.15) is 10.2 Å². The Balaban J connectivity index is 1.24. The molecule has 0 atom stereocenters. The minimum Gasteiger partial charge on any atom is -0.392 e. The number of aromatic nitrogens is 4. The van der Waals surface area contributed by atoms with Gasteiger partial charge in [0.1, 0.15) is 11.5 Å². The lowest BCUT2D eigenvalue weighted by Gasteiger charge is -2.31. The van der Waals surface area contributed by atoms with Gasteiger partial charge in [0.05, 0.1) is 28.6 Å². The summed E-state index contributed by atoms with van der Waals surface area (Å²) in [5.41, 5.74) is 0.689. The van der Waals surface area contributed by atoms with Gasteiger partial charge in [-0.25, -0.2) is 18.3 Å². The van der Waals surface area contributed by atoms with Crippen molar-refractivity contribution in [2.75, 3.05) is 23.7 Å². The van der Waals surface area contributed by atoms with Gasteiger partial charge in [0.25, 0.3) is 17.4 Å². The zero-order valence-corrected chi connectivity index (χ0v) is 24.3. The molecule has 10 nitrogen and oxygen atoms in total. The number of aryl methyl sites for hydroxylation is 1. The first kappa shape index (κ1) is 29.5. The van der Waals surface area contributed by atoms with Crippen LogP contribution in [0.4, 0.5) is 30.4 Å². The number of aliphatic hydroxyl groups is 1. The van der Waals surface area contributed by atoms with E-state index in [0.29, 0.717) is 22.8 Å². The lowest BCUT2D eigenvalue weighted by molar-refractivity contribution is -0.0569. The number of H-pyrrole nitrogens is 1. The maximum Gasteiger partial charge on any atom is 0.287 e.